The Morgan fingerprint density at radius 1 is 0.565 bits per heavy atom. The molecule has 46 nitrogen and oxygen atoms in total. The first-order valence-electron chi connectivity index (χ1n) is 49.1. The molecule has 0 aromatic heterocycles. The fourth-order valence-electron chi connectivity index (χ4n) is 17.5. The highest BCUT2D eigenvalue weighted by molar-refractivity contribution is 6.31. The number of carbonyl (C=O) groups excluding carboxylic acids is 9. The standard InChI is InChI=1S/C101H134N8O38/c1-62-92-72(108-29-31-141-98(129-4)95(108)146-92)55-80(143-62)144-75-57-101(126,56-69-82(75)88(117)84-83(86(69)115)85(114)68-15-11-17-74(128-3)81(68)87(84)116)99(124)103-27-28-104-100(125)142-61-63-20-23-73(145-97-91(120)89(118)90(119)93(147-97)96(122)123)67(54-63)58-105-76(110)24-26-102-94(121)70(107-78(112)18-9-10-19-79(113)109-60-66-14-6-5-12-64(66)21-22-65-13-7-8-16-71(65)109)59-106-77(111)25-30-130-34-35-132-38-39-134-42-43-136-46-47-138-50-51-140-53-52-139-49-48-137-45-44-135-41-40-133-37-36-131-33-32-127-2/h5-8,11-17,20,23,54,62,70,72,75,80,89-93,95,97-98,115,117-120,126H,9-10,18-19,24-53,55-61H2,1-4H3,(H,102,121)(H,103,124)(H,104,125)(H,105,110)(H,106,111)(H,107,112)(H,122,123)/t62-,70-,72-,75-,80-,89-,90-,91+,92+,93-,95+,97+,98-,101-/m0/s1. The lowest BCUT2D eigenvalue weighted by molar-refractivity contribution is -0.271. The van der Waals surface area contributed by atoms with Gasteiger partial charge in [-0.15, -0.1) is 0 Å². The van der Waals surface area contributed by atoms with Gasteiger partial charge in [0.15, 0.2) is 30.7 Å². The van der Waals surface area contributed by atoms with E-state index in [0.717, 1.165) is 11.1 Å². The maximum absolute atomic E-state index is 14.5. The number of ketones is 2. The van der Waals surface area contributed by atoms with E-state index >= 15 is 0 Å². The Labute approximate surface area is 849 Å². The van der Waals surface area contributed by atoms with E-state index in [1.54, 1.807) is 18.9 Å². The lowest BCUT2D eigenvalue weighted by atomic mass is 9.72. The molecule has 4 saturated heterocycles. The predicted octanol–water partition coefficient (Wildman–Crippen LogP) is 0.913. The molecule has 5 heterocycles. The number of carbonyl (C=O) groups is 10. The van der Waals surface area contributed by atoms with E-state index in [-0.39, 0.29) is 155 Å². The van der Waals surface area contributed by atoms with Gasteiger partial charge in [0.1, 0.15) is 65.7 Å². The molecule has 4 fully saturated rings. The third-order valence-electron chi connectivity index (χ3n) is 25.0. The van der Waals surface area contributed by atoms with Crippen molar-refractivity contribution in [3.63, 3.8) is 0 Å². The summed E-state index contributed by atoms with van der Waals surface area (Å²) in [6.07, 6.45) is -17.6. The molecule has 147 heavy (non-hydrogen) atoms. The second-order valence-electron chi connectivity index (χ2n) is 35.1. The number of ether oxygens (including phenoxy) is 21. The van der Waals surface area contributed by atoms with Crippen molar-refractivity contribution in [2.24, 2.45) is 0 Å². The van der Waals surface area contributed by atoms with Crippen molar-refractivity contribution < 1.29 is 183 Å². The number of nitrogens with zero attached hydrogens (tertiary/aromatic N) is 2. The molecule has 46 heteroatoms. The molecule has 7 amide bonds. The van der Waals surface area contributed by atoms with Crippen LogP contribution in [-0.2, 0) is 150 Å². The summed E-state index contributed by atoms with van der Waals surface area (Å²) in [6, 6.07) is 21.5. The molecule has 806 valence electrons. The van der Waals surface area contributed by atoms with Crippen molar-refractivity contribution in [3.8, 4) is 34.8 Å². The molecule has 5 aromatic rings. The Bertz CT molecular complexity index is 5240. The van der Waals surface area contributed by atoms with Gasteiger partial charge in [-0.25, -0.2) is 9.59 Å². The molecule has 0 radical (unpaired) electrons. The van der Waals surface area contributed by atoms with Crippen molar-refractivity contribution in [2.45, 2.75) is 170 Å². The smallest absolute Gasteiger partial charge is 0.407 e. The summed E-state index contributed by atoms with van der Waals surface area (Å²) in [5.74, 6) is -2.58. The maximum Gasteiger partial charge on any atom is 0.407 e. The molecule has 13 N–H and O–H groups in total. The SMILES string of the molecule is COCCOCCOCCOCCOCCOCCOCCOCCOCCOCCOCCOCCC(=O)NC[C@H](NC(=O)CCCCC(=O)N1Cc2ccccc2C#Cc2ccccc21)C(=O)NCCC(=O)NCc1cc(COC(=O)NCCNC(=O)[C@]2(O)Cc3c(O)c4c(c(O)c3[C@@H](O[C@H]3C[C@H]5[C@H](O[C@@H]6[C@@H](OC)OCCN65)[C@H](C)O3)C2)C(=O)c2c(OC)cccc2C4=O)ccc1O[C@@H]1O[C@H](C(=O)O)[C@@H](O)[C@H](O)[C@H]1O. The molecule has 0 unspecified atom stereocenters. The summed E-state index contributed by atoms with van der Waals surface area (Å²) in [5.41, 5.74) is -1.11. The van der Waals surface area contributed by atoms with Gasteiger partial charge in [0.25, 0.3) is 5.91 Å². The number of hydrogen-bond donors (Lipinski definition) is 13. The largest absolute Gasteiger partial charge is 0.507 e. The number of benzene rings is 5. The number of alkyl carbamates (subject to hydrolysis) is 1. The van der Waals surface area contributed by atoms with Crippen LogP contribution in [0.5, 0.6) is 23.0 Å². The van der Waals surface area contributed by atoms with Crippen LogP contribution in [0.15, 0.2) is 84.9 Å². The maximum atomic E-state index is 14.5. The average Bonchev–Trinajstić information content (AvgIpc) is 1.62. The number of methoxy groups -OCH3 is 3. The summed E-state index contributed by atoms with van der Waals surface area (Å²) in [5, 5.41) is 94.8. The number of anilines is 1. The number of aliphatic hydroxyl groups is 4. The van der Waals surface area contributed by atoms with E-state index in [9.17, 15) is 83.7 Å². The third-order valence-corrected chi connectivity index (χ3v) is 25.0. The first-order valence-corrected chi connectivity index (χ1v) is 49.1. The number of aliphatic hydroxyl groups excluding tert-OH is 3. The quantitative estimate of drug-likeness (QED) is 0.0143. The van der Waals surface area contributed by atoms with E-state index in [1.165, 1.54) is 50.6 Å². The zero-order valence-corrected chi connectivity index (χ0v) is 82.8. The number of nitrogens with one attached hydrogen (secondary N) is 6. The summed E-state index contributed by atoms with van der Waals surface area (Å²) < 4.78 is 119. The number of phenols is 2. The van der Waals surface area contributed by atoms with E-state index in [4.69, 9.17) is 99.5 Å². The van der Waals surface area contributed by atoms with Gasteiger partial charge in [-0.2, -0.15) is 0 Å². The Hall–Kier alpha value is -11.2. The van der Waals surface area contributed by atoms with Crippen LogP contribution in [0.1, 0.15) is 135 Å². The normalized spacial score (nSPS) is 21.9. The van der Waals surface area contributed by atoms with Gasteiger partial charge in [0.2, 0.25) is 41.6 Å². The molecular formula is C101H134N8O38. The van der Waals surface area contributed by atoms with Crippen LogP contribution >= 0.6 is 0 Å². The Morgan fingerprint density at radius 2 is 1.16 bits per heavy atom. The number of rotatable bonds is 63. The Kier molecular flexibility index (Phi) is 46.2. The van der Waals surface area contributed by atoms with E-state index in [0.29, 0.717) is 143 Å². The lowest BCUT2D eigenvalue weighted by Gasteiger charge is -2.43. The zero-order valence-electron chi connectivity index (χ0n) is 82.8. The molecule has 5 aromatic carbocycles. The van der Waals surface area contributed by atoms with Crippen LogP contribution in [0.25, 0.3) is 0 Å². The van der Waals surface area contributed by atoms with Crippen molar-refractivity contribution in [1.29, 1.82) is 0 Å². The number of amides is 7. The summed E-state index contributed by atoms with van der Waals surface area (Å²) >= 11 is 0. The molecule has 0 saturated carbocycles. The number of aliphatic carboxylic acids is 1. The Morgan fingerprint density at radius 3 is 1.79 bits per heavy atom. The van der Waals surface area contributed by atoms with Gasteiger partial charge in [-0.05, 0) is 67.3 Å². The summed E-state index contributed by atoms with van der Waals surface area (Å²) in [4.78, 5) is 142. The molecule has 7 aliphatic rings. The molecule has 14 atom stereocenters. The Balaban J connectivity index is 0.591. The van der Waals surface area contributed by atoms with Crippen molar-refractivity contribution in [3.05, 3.63) is 146 Å². The number of aromatic hydroxyl groups is 2. The summed E-state index contributed by atoms with van der Waals surface area (Å²) in [7, 11) is 4.41. The molecule has 5 aliphatic heterocycles. The summed E-state index contributed by atoms with van der Waals surface area (Å²) in [6.45, 7) is 9.19. The highest BCUT2D eigenvalue weighted by atomic mass is 16.7. The number of hydrogen-bond acceptors (Lipinski definition) is 38. The van der Waals surface area contributed by atoms with E-state index < -0.39 is 194 Å². The monoisotopic (exact) mass is 2070 g/mol. The second-order valence-corrected chi connectivity index (χ2v) is 35.1. The number of unbranched alkanes of at least 4 members (excludes halogenated alkanes) is 1. The lowest BCUT2D eigenvalue weighted by Crippen LogP contribution is -2.61. The van der Waals surface area contributed by atoms with Crippen LogP contribution in [0.2, 0.25) is 0 Å². The number of morpholine rings is 1. The van der Waals surface area contributed by atoms with Gasteiger partial charge in [0.05, 0.1) is 207 Å². The van der Waals surface area contributed by atoms with Gasteiger partial charge < -0.3 is 172 Å². The first-order chi connectivity index (χ1) is 71.3. The fourth-order valence-corrected chi connectivity index (χ4v) is 17.5. The minimum atomic E-state index is -2.49. The van der Waals surface area contributed by atoms with Crippen molar-refractivity contribution >= 4 is 64.8 Å². The van der Waals surface area contributed by atoms with E-state index in [1.807, 2.05) is 48.5 Å². The number of carboxylic acid groups (broad SMARTS) is 1. The minimum Gasteiger partial charge on any atom is -0.507 e. The topological polar surface area (TPSA) is 585 Å². The van der Waals surface area contributed by atoms with Crippen LogP contribution in [0.4, 0.5) is 10.5 Å². The van der Waals surface area contributed by atoms with Gasteiger partial charge in [-0.3, -0.25) is 43.3 Å². The van der Waals surface area contributed by atoms with Crippen LogP contribution < -0.4 is 46.3 Å². The van der Waals surface area contributed by atoms with Crippen LogP contribution in [0.3, 0.4) is 0 Å². The van der Waals surface area contributed by atoms with E-state index in [2.05, 4.69) is 48.6 Å². The predicted molar refractivity (Wildman–Crippen MR) is 513 cm³/mol. The zero-order chi connectivity index (χ0) is 105. The number of para-hydroxylation sites is 1. The van der Waals surface area contributed by atoms with Crippen molar-refractivity contribution in [2.75, 3.05) is 218 Å². The van der Waals surface area contributed by atoms with Crippen LogP contribution in [0, 0.1) is 11.8 Å². The third kappa shape index (κ3) is 32.9. The van der Waals surface area contributed by atoms with Gasteiger partial charge >= 0.3 is 12.1 Å². The molecule has 12 rings (SSSR count). The minimum absolute atomic E-state index is 0.0230. The number of carboxylic acids is 1. The molecular weight excluding hydrogens is 1930 g/mol. The van der Waals surface area contributed by atoms with Crippen molar-refractivity contribution in [1.82, 2.24) is 36.8 Å². The fraction of sp³-hybridized carbons (Fsp3) is 0.584. The number of fused-ring (bicyclic) bond motifs is 8. The van der Waals surface area contributed by atoms with Gasteiger partial charge in [-0.1, -0.05) is 60.4 Å². The number of phenolic OH excluding ortho intramolecular Hbond substituents is 2. The molecule has 0 bridgehead atoms. The first kappa shape index (κ1) is 115. The van der Waals surface area contributed by atoms with Gasteiger partial charge in [0, 0.05) is 138 Å². The highest BCUT2D eigenvalue weighted by Crippen LogP contribution is 2.53. The van der Waals surface area contributed by atoms with Crippen LogP contribution in [-0.4, -0.2) is 392 Å². The molecule has 2 aliphatic carbocycles. The molecule has 0 spiro atoms. The second kappa shape index (κ2) is 59.3. The highest BCUT2D eigenvalue weighted by Gasteiger charge is 2.56. The average molecular weight is 2070 g/mol.